The molecule has 2 amide bonds. The highest BCUT2D eigenvalue weighted by atomic mass is 32.1. The molecule has 0 spiro atoms. The van der Waals surface area contributed by atoms with Gasteiger partial charge in [-0.15, -0.1) is 0 Å². The Labute approximate surface area is 231 Å². The number of anilines is 1. The van der Waals surface area contributed by atoms with Crippen molar-refractivity contribution in [1.82, 2.24) is 20.9 Å². The number of thiocarbonyl (C=S) groups is 1. The zero-order chi connectivity index (χ0) is 27.8. The minimum atomic E-state index is -0.638. The van der Waals surface area contributed by atoms with Gasteiger partial charge in [-0.05, 0) is 87.0 Å². The second-order valence-corrected chi connectivity index (χ2v) is 10.0. The average Bonchev–Trinajstić information content (AvgIpc) is 2.88. The summed E-state index contributed by atoms with van der Waals surface area (Å²) in [7, 11) is 2.09. The molecule has 0 bridgehead atoms. The van der Waals surface area contributed by atoms with Crippen LogP contribution >= 0.6 is 12.2 Å². The number of nitrogens with zero attached hydrogens (tertiary/aromatic N) is 1. The predicted octanol–water partition coefficient (Wildman–Crippen LogP) is 3.58. The number of amides is 2. The largest absolute Gasteiger partial charge is 0.454 e. The normalized spacial score (nSPS) is 15.9. The van der Waals surface area contributed by atoms with Gasteiger partial charge in [0, 0.05) is 30.8 Å². The highest BCUT2D eigenvalue weighted by molar-refractivity contribution is 7.80. The molecule has 0 aromatic heterocycles. The van der Waals surface area contributed by atoms with Crippen molar-refractivity contribution < 1.29 is 23.1 Å². The standard InChI is InChI=1S/C28H31F2N5O3S/c1-35-12-9-19(10-13-35)15-26(36)33-25-17-22(8-11-31-25)38-24-7-6-21(16-23(24)30)32-28(39)34-27(37)14-18-2-4-20(29)5-3-18/h2-8,16-17,19,31H,9-15H2,1H3,(H,33,36)(H2,32,34,37,39). The van der Waals surface area contributed by atoms with Gasteiger partial charge in [-0.1, -0.05) is 12.1 Å². The number of halogens is 2. The molecule has 0 radical (unpaired) electrons. The van der Waals surface area contributed by atoms with Gasteiger partial charge in [-0.25, -0.2) is 8.78 Å². The first kappa shape index (κ1) is 28.2. The fourth-order valence-electron chi connectivity index (χ4n) is 4.30. The summed E-state index contributed by atoms with van der Waals surface area (Å²) in [5.74, 6) is -0.213. The Hall–Kier alpha value is -3.83. The Kier molecular flexibility index (Phi) is 9.61. The average molecular weight is 556 g/mol. The van der Waals surface area contributed by atoms with Gasteiger partial charge in [0.25, 0.3) is 0 Å². The molecule has 2 aliphatic rings. The molecule has 1 fully saturated rings. The van der Waals surface area contributed by atoms with Gasteiger partial charge in [-0.2, -0.15) is 0 Å². The molecular weight excluding hydrogens is 524 g/mol. The summed E-state index contributed by atoms with van der Waals surface area (Å²) in [5.41, 5.74) is 0.953. The first-order valence-electron chi connectivity index (χ1n) is 12.7. The molecular formula is C28H31F2N5O3S. The van der Waals surface area contributed by atoms with Gasteiger partial charge in [0.2, 0.25) is 11.8 Å². The highest BCUT2D eigenvalue weighted by Gasteiger charge is 2.20. The molecule has 0 atom stereocenters. The number of hydrogen-bond acceptors (Lipinski definition) is 6. The molecule has 2 heterocycles. The molecule has 2 aromatic carbocycles. The number of nitrogens with one attached hydrogen (secondary N) is 4. The van der Waals surface area contributed by atoms with Crippen LogP contribution in [0.2, 0.25) is 0 Å². The Bertz CT molecular complexity index is 1270. The van der Waals surface area contributed by atoms with Gasteiger partial charge in [0.15, 0.2) is 16.7 Å². The molecule has 4 rings (SSSR count). The second-order valence-electron chi connectivity index (χ2n) is 9.60. The summed E-state index contributed by atoms with van der Waals surface area (Å²) in [4.78, 5) is 26.9. The minimum absolute atomic E-state index is 0.000179. The van der Waals surface area contributed by atoms with Gasteiger partial charge < -0.3 is 30.9 Å². The van der Waals surface area contributed by atoms with Crippen molar-refractivity contribution in [3.63, 3.8) is 0 Å². The molecule has 39 heavy (non-hydrogen) atoms. The number of likely N-dealkylation sites (tertiary alicyclic amines) is 1. The van der Waals surface area contributed by atoms with Crippen LogP contribution in [0.15, 0.2) is 66.2 Å². The second kappa shape index (κ2) is 13.3. The number of carbonyl (C=O) groups excluding carboxylic acids is 2. The predicted molar refractivity (Wildman–Crippen MR) is 149 cm³/mol. The minimum Gasteiger partial charge on any atom is -0.454 e. The third-order valence-electron chi connectivity index (χ3n) is 6.42. The highest BCUT2D eigenvalue weighted by Crippen LogP contribution is 2.24. The Morgan fingerprint density at radius 2 is 1.82 bits per heavy atom. The van der Waals surface area contributed by atoms with E-state index in [1.807, 2.05) is 0 Å². The van der Waals surface area contributed by atoms with Crippen LogP contribution < -0.4 is 26.0 Å². The fourth-order valence-corrected chi connectivity index (χ4v) is 4.54. The summed E-state index contributed by atoms with van der Waals surface area (Å²) < 4.78 is 33.5. The molecule has 0 unspecified atom stereocenters. The van der Waals surface area contributed by atoms with E-state index in [-0.39, 0.29) is 29.0 Å². The summed E-state index contributed by atoms with van der Waals surface area (Å²) in [6.45, 7) is 2.41. The molecule has 0 saturated carbocycles. The molecule has 0 aliphatic carbocycles. The zero-order valence-electron chi connectivity index (χ0n) is 21.6. The number of benzene rings is 2. The van der Waals surface area contributed by atoms with E-state index in [9.17, 15) is 18.4 Å². The van der Waals surface area contributed by atoms with Crippen LogP contribution in [0.3, 0.4) is 0 Å². The first-order chi connectivity index (χ1) is 18.7. The van der Waals surface area contributed by atoms with E-state index in [1.165, 1.54) is 36.4 Å². The number of hydrogen-bond donors (Lipinski definition) is 4. The number of ether oxygens (including phenoxy) is 1. The SMILES string of the molecule is CN1CCC(CC(=O)NC2=CC(Oc3ccc(NC(=S)NC(=O)Cc4ccc(F)cc4)cc3F)=CCN2)CC1. The third-order valence-corrected chi connectivity index (χ3v) is 6.62. The number of carbonyl (C=O) groups is 2. The molecule has 206 valence electrons. The summed E-state index contributed by atoms with van der Waals surface area (Å²) in [5, 5.41) is 11.2. The summed E-state index contributed by atoms with van der Waals surface area (Å²) in [6.07, 6.45) is 5.84. The lowest BCUT2D eigenvalue weighted by Gasteiger charge is -2.28. The van der Waals surface area contributed by atoms with Gasteiger partial charge in [0.1, 0.15) is 17.4 Å². The molecule has 8 nitrogen and oxygen atoms in total. The van der Waals surface area contributed by atoms with Gasteiger partial charge >= 0.3 is 0 Å². The maximum absolute atomic E-state index is 14.8. The van der Waals surface area contributed by atoms with E-state index in [1.54, 1.807) is 18.2 Å². The Balaban J connectivity index is 1.26. The van der Waals surface area contributed by atoms with Crippen LogP contribution in [0.5, 0.6) is 5.75 Å². The van der Waals surface area contributed by atoms with Crippen molar-refractivity contribution in [2.45, 2.75) is 25.7 Å². The summed E-state index contributed by atoms with van der Waals surface area (Å²) in [6, 6.07) is 9.77. The maximum atomic E-state index is 14.8. The summed E-state index contributed by atoms with van der Waals surface area (Å²) >= 11 is 5.14. The maximum Gasteiger partial charge on any atom is 0.230 e. The van der Waals surface area contributed by atoms with Gasteiger partial charge in [-0.3, -0.25) is 9.59 Å². The molecule has 2 aromatic rings. The van der Waals surface area contributed by atoms with E-state index in [2.05, 4.69) is 33.2 Å². The van der Waals surface area contributed by atoms with Gasteiger partial charge in [0.05, 0.1) is 6.42 Å². The number of dihydropyridines is 1. The van der Waals surface area contributed by atoms with Crippen LogP contribution in [0.1, 0.15) is 24.8 Å². The van der Waals surface area contributed by atoms with Crippen molar-refractivity contribution in [2.24, 2.45) is 5.92 Å². The van der Waals surface area contributed by atoms with Crippen LogP contribution in [0, 0.1) is 17.6 Å². The van der Waals surface area contributed by atoms with E-state index in [0.717, 1.165) is 25.9 Å². The molecule has 1 saturated heterocycles. The van der Waals surface area contributed by atoms with Crippen molar-refractivity contribution in [2.75, 3.05) is 32.0 Å². The molecule has 4 N–H and O–H groups in total. The van der Waals surface area contributed by atoms with Crippen LogP contribution in [0.4, 0.5) is 14.5 Å². The van der Waals surface area contributed by atoms with Crippen molar-refractivity contribution in [3.05, 3.63) is 83.4 Å². The smallest absolute Gasteiger partial charge is 0.230 e. The van der Waals surface area contributed by atoms with Crippen LogP contribution in [0.25, 0.3) is 0 Å². The molecule has 11 heteroatoms. The lowest BCUT2D eigenvalue weighted by molar-refractivity contribution is -0.122. The Morgan fingerprint density at radius 1 is 1.08 bits per heavy atom. The van der Waals surface area contributed by atoms with Crippen molar-refractivity contribution in [3.8, 4) is 5.75 Å². The number of rotatable bonds is 8. The van der Waals surface area contributed by atoms with Crippen molar-refractivity contribution >= 4 is 34.8 Å². The first-order valence-corrected chi connectivity index (χ1v) is 13.1. The van der Waals surface area contributed by atoms with E-state index in [4.69, 9.17) is 17.0 Å². The van der Waals surface area contributed by atoms with E-state index >= 15 is 0 Å². The quantitative estimate of drug-likeness (QED) is 0.370. The Morgan fingerprint density at radius 3 is 2.54 bits per heavy atom. The van der Waals surface area contributed by atoms with E-state index in [0.29, 0.717) is 41.7 Å². The zero-order valence-corrected chi connectivity index (χ0v) is 22.4. The third kappa shape index (κ3) is 8.86. The monoisotopic (exact) mass is 555 g/mol. The van der Waals surface area contributed by atoms with Crippen LogP contribution in [-0.4, -0.2) is 48.5 Å². The number of allylic oxidation sites excluding steroid dienone is 1. The van der Waals surface area contributed by atoms with Crippen LogP contribution in [-0.2, 0) is 16.0 Å². The van der Waals surface area contributed by atoms with E-state index < -0.39 is 11.7 Å². The van der Waals surface area contributed by atoms with Crippen molar-refractivity contribution in [1.29, 1.82) is 0 Å². The topological polar surface area (TPSA) is 94.7 Å². The lowest BCUT2D eigenvalue weighted by Crippen LogP contribution is -2.36. The fraction of sp³-hybridized carbons (Fsp3) is 0.321. The number of piperidine rings is 1. The lowest BCUT2D eigenvalue weighted by atomic mass is 9.93. The molecule has 2 aliphatic heterocycles.